The number of fused-ring (bicyclic) bond motifs is 2. The maximum Gasteiger partial charge on any atom is 0.237 e. The second kappa shape index (κ2) is 11.2. The maximum atomic E-state index is 14.5. The molecule has 2 aliphatic rings. The number of nitrogens with two attached hydrogens (primary N) is 1. The highest BCUT2D eigenvalue weighted by Crippen LogP contribution is 2.34. The molecule has 216 valence electrons. The van der Waals surface area contributed by atoms with Crippen molar-refractivity contribution in [2.24, 2.45) is 5.16 Å². The minimum absolute atomic E-state index is 0.130. The summed E-state index contributed by atoms with van der Waals surface area (Å²) in [6.45, 7) is 4.77. The zero-order valence-corrected chi connectivity index (χ0v) is 23.4. The molecule has 12 nitrogen and oxygen atoms in total. The Morgan fingerprint density at radius 1 is 1.17 bits per heavy atom. The van der Waals surface area contributed by atoms with Gasteiger partial charge in [0, 0.05) is 37.6 Å². The van der Waals surface area contributed by atoms with E-state index in [0.717, 1.165) is 29.1 Å². The maximum absolute atomic E-state index is 14.5. The Labute approximate surface area is 241 Å². The van der Waals surface area contributed by atoms with Crippen LogP contribution in [0.1, 0.15) is 45.8 Å². The molecule has 2 atom stereocenters. The average molecular weight is 572 g/mol. The highest BCUT2D eigenvalue weighted by molar-refractivity contribution is 6.01. The Bertz CT molecular complexity index is 1690. The number of aromatic amines is 1. The van der Waals surface area contributed by atoms with E-state index in [1.807, 2.05) is 18.7 Å². The lowest BCUT2D eigenvalue weighted by Crippen LogP contribution is -2.42. The van der Waals surface area contributed by atoms with E-state index in [4.69, 9.17) is 15.3 Å². The molecule has 6 rings (SSSR count). The molecule has 1 unspecified atom stereocenters. The number of ether oxygens (including phenoxy) is 1. The third kappa shape index (κ3) is 5.26. The third-order valence-electron chi connectivity index (χ3n) is 7.43. The summed E-state index contributed by atoms with van der Waals surface area (Å²) in [5, 5.41) is 7.84. The summed E-state index contributed by atoms with van der Waals surface area (Å²) in [6.07, 6.45) is 0.885. The van der Waals surface area contributed by atoms with Gasteiger partial charge in [0.2, 0.25) is 18.1 Å². The van der Waals surface area contributed by atoms with Crippen LogP contribution in [0.25, 0.3) is 11.3 Å². The fraction of sp³-hybridized carbons (Fsp3) is 0.310. The van der Waals surface area contributed by atoms with Gasteiger partial charge in [-0.25, -0.2) is 24.3 Å². The molecule has 0 amide bonds. The zero-order valence-electron chi connectivity index (χ0n) is 23.4. The molecule has 2 aliphatic heterocycles. The second-order valence-electron chi connectivity index (χ2n) is 10.2. The van der Waals surface area contributed by atoms with Crippen LogP contribution in [0.3, 0.4) is 0 Å². The molecule has 0 saturated carbocycles. The monoisotopic (exact) mass is 571 g/mol. The number of pyridine rings is 1. The number of benzene rings is 1. The molecular weight excluding hydrogens is 541 g/mol. The van der Waals surface area contributed by atoms with Crippen molar-refractivity contribution >= 4 is 18.1 Å². The number of carbonyl (C=O) groups is 1. The molecule has 0 radical (unpaired) electrons. The summed E-state index contributed by atoms with van der Waals surface area (Å²) in [7, 11) is 1.53. The van der Waals surface area contributed by atoms with Crippen molar-refractivity contribution in [3.63, 3.8) is 0 Å². The van der Waals surface area contributed by atoms with Gasteiger partial charge in [0.15, 0.2) is 12.1 Å². The molecule has 0 saturated heterocycles. The van der Waals surface area contributed by atoms with Gasteiger partial charge in [-0.15, -0.1) is 0 Å². The van der Waals surface area contributed by atoms with E-state index in [1.54, 1.807) is 24.3 Å². The number of oxime groups is 1. The van der Waals surface area contributed by atoms with E-state index in [-0.39, 0.29) is 5.95 Å². The number of anilines is 1. The number of amidine groups is 1. The molecule has 42 heavy (non-hydrogen) atoms. The fourth-order valence-electron chi connectivity index (χ4n) is 5.54. The van der Waals surface area contributed by atoms with Gasteiger partial charge in [-0.2, -0.15) is 0 Å². The number of aldehydes is 1. The number of aromatic nitrogens is 5. The van der Waals surface area contributed by atoms with Crippen LogP contribution in [-0.4, -0.2) is 61.8 Å². The highest BCUT2D eigenvalue weighted by atomic mass is 19.1. The minimum atomic E-state index is -0.933. The summed E-state index contributed by atoms with van der Waals surface area (Å²) in [6, 6.07) is 9.44. The Balaban J connectivity index is 1.35. The number of methoxy groups -OCH3 is 1. The predicted molar refractivity (Wildman–Crippen MR) is 152 cm³/mol. The largest absolute Gasteiger partial charge is 0.481 e. The molecule has 13 heteroatoms. The van der Waals surface area contributed by atoms with E-state index >= 15 is 0 Å². The SMILES string of the molecule is COc1cccc(-c2cc(F)ccc2C2Cc3nc(N)nc(C)c3/C(=N/O[C@H](C=O)N3CCc4nc(C)[nH]c4C3)N2)n1. The van der Waals surface area contributed by atoms with Crippen LogP contribution in [0.2, 0.25) is 0 Å². The number of carbonyl (C=O) groups excluding carboxylic acids is 1. The lowest BCUT2D eigenvalue weighted by molar-refractivity contribution is -0.132. The summed E-state index contributed by atoms with van der Waals surface area (Å²) >= 11 is 0. The summed E-state index contributed by atoms with van der Waals surface area (Å²) in [5.41, 5.74) is 11.8. The lowest BCUT2D eigenvalue weighted by atomic mass is 9.90. The smallest absolute Gasteiger partial charge is 0.237 e. The van der Waals surface area contributed by atoms with Crippen LogP contribution in [-0.2, 0) is 29.0 Å². The number of nitrogen functional groups attached to an aromatic ring is 1. The Hall–Kier alpha value is -4.91. The Kier molecular flexibility index (Phi) is 7.25. The minimum Gasteiger partial charge on any atom is -0.481 e. The second-order valence-corrected chi connectivity index (χ2v) is 10.2. The first-order valence-electron chi connectivity index (χ1n) is 13.5. The first-order valence-corrected chi connectivity index (χ1v) is 13.5. The van der Waals surface area contributed by atoms with Gasteiger partial charge in [-0.05, 0) is 37.6 Å². The van der Waals surface area contributed by atoms with Crippen molar-refractivity contribution < 1.29 is 18.8 Å². The molecule has 0 fully saturated rings. The van der Waals surface area contributed by atoms with Crippen molar-refractivity contribution in [3.8, 4) is 17.1 Å². The molecule has 0 spiro atoms. The van der Waals surface area contributed by atoms with Crippen molar-refractivity contribution in [1.29, 1.82) is 0 Å². The lowest BCUT2D eigenvalue weighted by Gasteiger charge is -2.31. The van der Waals surface area contributed by atoms with Crippen LogP contribution in [0, 0.1) is 19.7 Å². The quantitative estimate of drug-likeness (QED) is 0.223. The van der Waals surface area contributed by atoms with E-state index in [1.165, 1.54) is 19.2 Å². The van der Waals surface area contributed by atoms with Crippen LogP contribution in [0.5, 0.6) is 5.88 Å². The fourth-order valence-corrected chi connectivity index (χ4v) is 5.54. The Morgan fingerprint density at radius 3 is 2.83 bits per heavy atom. The third-order valence-corrected chi connectivity index (χ3v) is 7.43. The van der Waals surface area contributed by atoms with Crippen molar-refractivity contribution in [1.82, 2.24) is 35.1 Å². The molecule has 5 heterocycles. The zero-order chi connectivity index (χ0) is 29.4. The number of rotatable bonds is 7. The van der Waals surface area contributed by atoms with Crippen LogP contribution < -0.4 is 15.8 Å². The van der Waals surface area contributed by atoms with Crippen LogP contribution in [0.4, 0.5) is 10.3 Å². The normalized spacial score (nSPS) is 18.1. The van der Waals surface area contributed by atoms with Gasteiger partial charge in [0.1, 0.15) is 11.6 Å². The average Bonchev–Trinajstić information content (AvgIpc) is 3.36. The number of hydrogen-bond acceptors (Lipinski definition) is 10. The van der Waals surface area contributed by atoms with Crippen molar-refractivity contribution in [2.45, 2.75) is 45.5 Å². The summed E-state index contributed by atoms with van der Waals surface area (Å²) in [5.74, 6) is 1.31. The number of nitrogens with zero attached hydrogens (tertiary/aromatic N) is 6. The first kappa shape index (κ1) is 27.3. The topological polar surface area (TPSA) is 157 Å². The van der Waals surface area contributed by atoms with Gasteiger partial charge < -0.3 is 25.6 Å². The number of H-pyrrole nitrogens is 1. The Morgan fingerprint density at radius 2 is 2.02 bits per heavy atom. The number of hydrogen-bond donors (Lipinski definition) is 3. The van der Waals surface area contributed by atoms with Crippen LogP contribution in [0.15, 0.2) is 41.6 Å². The molecule has 1 aromatic carbocycles. The number of imidazole rings is 1. The van der Waals surface area contributed by atoms with Gasteiger partial charge in [-0.1, -0.05) is 17.3 Å². The number of halogens is 1. The molecule has 0 bridgehead atoms. The van der Waals surface area contributed by atoms with Crippen molar-refractivity contribution in [2.75, 3.05) is 19.4 Å². The standard InChI is InChI=1S/C29H30FN9O3/c1-15-27-23(37-29(31)32-15)12-22(18-8-7-17(30)11-19(18)20-5-4-6-25(35-20)41-3)36-28(27)38-42-26(14-40)39-10-9-21-24(13-39)34-16(2)33-21/h4-8,11,14,22,26H,9-10,12-13H2,1-3H3,(H,33,34)(H,36,38)(H2,31,32,37)/t22?,26-/m1/s1. The van der Waals surface area contributed by atoms with E-state index in [0.29, 0.717) is 65.9 Å². The highest BCUT2D eigenvalue weighted by Gasteiger charge is 2.32. The number of nitrogens with one attached hydrogen (secondary N) is 2. The van der Waals surface area contributed by atoms with E-state index < -0.39 is 18.1 Å². The molecule has 3 aromatic heterocycles. The molecule has 0 aliphatic carbocycles. The van der Waals surface area contributed by atoms with Gasteiger partial charge in [0.05, 0.1) is 47.2 Å². The van der Waals surface area contributed by atoms with E-state index in [9.17, 15) is 9.18 Å². The summed E-state index contributed by atoms with van der Waals surface area (Å²) in [4.78, 5) is 41.0. The molecule has 4 aromatic rings. The van der Waals surface area contributed by atoms with Crippen LogP contribution >= 0.6 is 0 Å². The van der Waals surface area contributed by atoms with Gasteiger partial charge in [0.25, 0.3) is 0 Å². The van der Waals surface area contributed by atoms with Gasteiger partial charge >= 0.3 is 0 Å². The molecular formula is C29H30FN9O3. The predicted octanol–water partition coefficient (Wildman–Crippen LogP) is 2.76. The van der Waals surface area contributed by atoms with Crippen molar-refractivity contribution in [3.05, 3.63) is 81.9 Å². The van der Waals surface area contributed by atoms with Gasteiger partial charge in [-0.3, -0.25) is 9.69 Å². The summed E-state index contributed by atoms with van der Waals surface area (Å²) < 4.78 is 19.8. The van der Waals surface area contributed by atoms with E-state index in [2.05, 4.69) is 35.4 Å². The number of aryl methyl sites for hydroxylation is 2. The molecule has 4 N–H and O–H groups in total. The first-order chi connectivity index (χ1) is 20.3.